The van der Waals surface area contributed by atoms with Crippen LogP contribution in [-0.2, 0) is 9.53 Å². The molecule has 0 rings (SSSR count). The van der Waals surface area contributed by atoms with Crippen molar-refractivity contribution in [2.24, 2.45) is 0 Å². The third-order valence-corrected chi connectivity index (χ3v) is 1.20. The maximum Gasteiger partial charge on any atom is 0.234 e. The van der Waals surface area contributed by atoms with Crippen LogP contribution < -0.4 is 10.6 Å². The van der Waals surface area contributed by atoms with Crippen molar-refractivity contribution in [3.05, 3.63) is 0 Å². The first-order valence-electron chi connectivity index (χ1n) is 3.88. The summed E-state index contributed by atoms with van der Waals surface area (Å²) in [5.41, 5.74) is 0. The Morgan fingerprint density at radius 1 is 1.50 bits per heavy atom. The van der Waals surface area contributed by atoms with Crippen molar-refractivity contribution in [3.63, 3.8) is 0 Å². The molecule has 12 heavy (non-hydrogen) atoms. The number of aliphatic hydroxyl groups excluding tert-OH is 1. The van der Waals surface area contributed by atoms with Gasteiger partial charge in [0.15, 0.2) is 0 Å². The highest BCUT2D eigenvalue weighted by molar-refractivity contribution is 5.77. The molecule has 0 bridgehead atoms. The molecule has 0 radical (unpaired) electrons. The number of amides is 1. The molecule has 0 aromatic heterocycles. The van der Waals surface area contributed by atoms with Crippen LogP contribution in [0.3, 0.4) is 0 Å². The van der Waals surface area contributed by atoms with E-state index in [4.69, 9.17) is 9.84 Å². The maximum atomic E-state index is 10.8. The lowest BCUT2D eigenvalue weighted by atomic mass is 10.5. The van der Waals surface area contributed by atoms with Gasteiger partial charge >= 0.3 is 0 Å². The van der Waals surface area contributed by atoms with Gasteiger partial charge in [-0.3, -0.25) is 4.79 Å². The first-order chi connectivity index (χ1) is 5.81. The monoisotopic (exact) mass is 176 g/mol. The Balaban J connectivity index is 3.08. The highest BCUT2D eigenvalue weighted by Crippen LogP contribution is 1.66. The summed E-state index contributed by atoms with van der Waals surface area (Å²) in [6.45, 7) is 1.80. The Bertz CT molecular complexity index is 119. The van der Waals surface area contributed by atoms with E-state index < -0.39 is 0 Å². The highest BCUT2D eigenvalue weighted by Gasteiger charge is 1.97. The molecule has 0 aromatic carbocycles. The van der Waals surface area contributed by atoms with Crippen LogP contribution >= 0.6 is 0 Å². The number of hydrogen-bond acceptors (Lipinski definition) is 4. The van der Waals surface area contributed by atoms with Crippen LogP contribution in [0, 0.1) is 0 Å². The number of aliphatic hydroxyl groups is 1. The second-order valence-corrected chi connectivity index (χ2v) is 2.24. The zero-order valence-electron chi connectivity index (χ0n) is 7.30. The molecule has 0 spiro atoms. The Morgan fingerprint density at radius 2 is 2.25 bits per heavy atom. The average Bonchev–Trinajstić information content (AvgIpc) is 2.09. The van der Waals surface area contributed by atoms with Crippen LogP contribution in [0.5, 0.6) is 0 Å². The molecule has 5 nitrogen and oxygen atoms in total. The molecule has 5 heteroatoms. The van der Waals surface area contributed by atoms with Crippen molar-refractivity contribution >= 4 is 5.91 Å². The van der Waals surface area contributed by atoms with Gasteiger partial charge in [0.1, 0.15) is 0 Å². The molecule has 0 aliphatic heterocycles. The van der Waals surface area contributed by atoms with Crippen LogP contribution in [0.2, 0.25) is 0 Å². The quantitative estimate of drug-likeness (QED) is 0.406. The third kappa shape index (κ3) is 7.46. The summed E-state index contributed by atoms with van der Waals surface area (Å²) in [5.74, 6) is -0.111. The summed E-state index contributed by atoms with van der Waals surface area (Å²) in [4.78, 5) is 10.8. The molecule has 0 aliphatic carbocycles. The zero-order valence-corrected chi connectivity index (χ0v) is 7.30. The van der Waals surface area contributed by atoms with Crippen LogP contribution in [0.25, 0.3) is 0 Å². The van der Waals surface area contributed by atoms with E-state index in [0.717, 1.165) is 0 Å². The van der Waals surface area contributed by atoms with Gasteiger partial charge in [0.05, 0.1) is 19.8 Å². The maximum absolute atomic E-state index is 10.8. The van der Waals surface area contributed by atoms with Crippen molar-refractivity contribution < 1.29 is 14.6 Å². The first-order valence-corrected chi connectivity index (χ1v) is 3.88. The molecule has 0 aliphatic rings. The van der Waals surface area contributed by atoms with E-state index >= 15 is 0 Å². The van der Waals surface area contributed by atoms with Crippen molar-refractivity contribution in [2.45, 2.75) is 0 Å². The number of ether oxygens (including phenoxy) is 1. The first kappa shape index (κ1) is 11.4. The van der Waals surface area contributed by atoms with E-state index in [-0.39, 0.29) is 19.1 Å². The summed E-state index contributed by atoms with van der Waals surface area (Å²) in [6.07, 6.45) is 0. The second-order valence-electron chi connectivity index (χ2n) is 2.24. The van der Waals surface area contributed by atoms with E-state index in [0.29, 0.717) is 19.7 Å². The summed E-state index contributed by atoms with van der Waals surface area (Å²) in [6, 6.07) is 0. The summed E-state index contributed by atoms with van der Waals surface area (Å²) >= 11 is 0. The molecule has 1 amide bonds. The number of hydrogen-bond donors (Lipinski definition) is 3. The van der Waals surface area contributed by atoms with Gasteiger partial charge in [0.2, 0.25) is 5.91 Å². The molecule has 0 aromatic rings. The fourth-order valence-corrected chi connectivity index (χ4v) is 0.634. The summed E-state index contributed by atoms with van der Waals surface area (Å²) < 4.78 is 4.77. The lowest BCUT2D eigenvalue weighted by molar-refractivity contribution is -0.120. The minimum Gasteiger partial charge on any atom is -0.395 e. The molecule has 0 atom stereocenters. The topological polar surface area (TPSA) is 70.6 Å². The molecule has 0 saturated carbocycles. The molecule has 3 N–H and O–H groups in total. The van der Waals surface area contributed by atoms with Gasteiger partial charge in [-0.25, -0.2) is 0 Å². The predicted octanol–water partition coefficient (Wildman–Crippen LogP) is -1.67. The summed E-state index contributed by atoms with van der Waals surface area (Å²) in [7, 11) is 1.60. The van der Waals surface area contributed by atoms with Gasteiger partial charge in [0.25, 0.3) is 0 Å². The van der Waals surface area contributed by atoms with E-state index in [1.54, 1.807) is 7.11 Å². The van der Waals surface area contributed by atoms with E-state index in [1.165, 1.54) is 0 Å². The van der Waals surface area contributed by atoms with Crippen LogP contribution in [-0.4, -0.2) is 51.0 Å². The van der Waals surface area contributed by atoms with Crippen molar-refractivity contribution in [1.82, 2.24) is 10.6 Å². The van der Waals surface area contributed by atoms with Crippen molar-refractivity contribution in [2.75, 3.05) is 40.0 Å². The van der Waals surface area contributed by atoms with Crippen molar-refractivity contribution in [3.8, 4) is 0 Å². The largest absolute Gasteiger partial charge is 0.395 e. The van der Waals surface area contributed by atoms with Crippen LogP contribution in [0.4, 0.5) is 0 Å². The van der Waals surface area contributed by atoms with Crippen LogP contribution in [0.15, 0.2) is 0 Å². The Hall–Kier alpha value is -0.650. The number of carbonyl (C=O) groups is 1. The smallest absolute Gasteiger partial charge is 0.234 e. The normalized spacial score (nSPS) is 9.83. The van der Waals surface area contributed by atoms with Gasteiger partial charge in [0, 0.05) is 20.2 Å². The van der Waals surface area contributed by atoms with E-state index in [2.05, 4.69) is 10.6 Å². The second kappa shape index (κ2) is 8.45. The summed E-state index contributed by atoms with van der Waals surface area (Å²) in [5, 5.41) is 13.8. The molecule has 0 unspecified atom stereocenters. The number of carbonyl (C=O) groups excluding carboxylic acids is 1. The number of rotatable bonds is 7. The Kier molecular flexibility index (Phi) is 7.99. The third-order valence-electron chi connectivity index (χ3n) is 1.20. The molecule has 0 saturated heterocycles. The lowest BCUT2D eigenvalue weighted by Crippen LogP contribution is -2.36. The van der Waals surface area contributed by atoms with Crippen LogP contribution in [0.1, 0.15) is 0 Å². The standard InChI is InChI=1S/C7H16N2O3/c1-12-5-3-8-6-7(11)9-2-4-10/h8,10H,2-6H2,1H3,(H,9,11). The Labute approximate surface area is 72.1 Å². The minimum absolute atomic E-state index is 0.0240. The van der Waals surface area contributed by atoms with Gasteiger partial charge in [-0.15, -0.1) is 0 Å². The number of methoxy groups -OCH3 is 1. The lowest BCUT2D eigenvalue weighted by Gasteiger charge is -2.04. The van der Waals surface area contributed by atoms with Crippen molar-refractivity contribution in [1.29, 1.82) is 0 Å². The highest BCUT2D eigenvalue weighted by atomic mass is 16.5. The van der Waals surface area contributed by atoms with Gasteiger partial charge in [-0.1, -0.05) is 0 Å². The SMILES string of the molecule is COCCNCC(=O)NCCO. The zero-order chi connectivity index (χ0) is 9.23. The molecular weight excluding hydrogens is 160 g/mol. The van der Waals surface area contributed by atoms with E-state index in [9.17, 15) is 4.79 Å². The minimum atomic E-state index is -0.111. The fraction of sp³-hybridized carbons (Fsp3) is 0.857. The molecule has 0 heterocycles. The van der Waals surface area contributed by atoms with Gasteiger partial charge < -0.3 is 20.5 Å². The van der Waals surface area contributed by atoms with Gasteiger partial charge in [-0.2, -0.15) is 0 Å². The molecule has 0 fully saturated rings. The Morgan fingerprint density at radius 3 is 2.83 bits per heavy atom. The van der Waals surface area contributed by atoms with Gasteiger partial charge in [-0.05, 0) is 0 Å². The number of nitrogens with one attached hydrogen (secondary N) is 2. The molecule has 72 valence electrons. The average molecular weight is 176 g/mol. The predicted molar refractivity (Wildman–Crippen MR) is 44.8 cm³/mol. The molecular formula is C7H16N2O3. The van der Waals surface area contributed by atoms with E-state index in [1.807, 2.05) is 0 Å². The fourth-order valence-electron chi connectivity index (χ4n) is 0.634.